The molecular weight excluding hydrogens is 514 g/mol. The van der Waals surface area contributed by atoms with E-state index >= 15 is 0 Å². The molecule has 2 amide bonds. The van der Waals surface area contributed by atoms with Crippen LogP contribution in [-0.2, 0) is 9.59 Å². The zero-order valence-corrected chi connectivity index (χ0v) is 21.4. The molecule has 4 rings (SSSR count). The molecule has 11 heteroatoms. The van der Waals surface area contributed by atoms with Crippen LogP contribution in [0.2, 0.25) is 0 Å². The van der Waals surface area contributed by atoms with Gasteiger partial charge in [0.25, 0.3) is 17.5 Å². The molecule has 0 aliphatic carbocycles. The summed E-state index contributed by atoms with van der Waals surface area (Å²) in [4.78, 5) is 37.7. The quantitative estimate of drug-likeness (QED) is 0.178. The fourth-order valence-corrected chi connectivity index (χ4v) is 4.84. The molecule has 188 valence electrons. The largest absolute Gasteiger partial charge is 0.493 e. The average Bonchev–Trinajstić information content (AvgIpc) is 3.15. The fraction of sp³-hybridized carbons (Fsp3) is 0.115. The van der Waals surface area contributed by atoms with E-state index in [1.807, 2.05) is 31.2 Å². The Hall–Kier alpha value is -4.22. The van der Waals surface area contributed by atoms with Crippen molar-refractivity contribution < 1.29 is 24.0 Å². The number of nitrogens with one attached hydrogen (secondary N) is 1. The number of nitro benzene ring substituents is 1. The van der Waals surface area contributed by atoms with Crippen LogP contribution >= 0.6 is 24.0 Å². The third-order valence-corrected chi connectivity index (χ3v) is 6.54. The summed E-state index contributed by atoms with van der Waals surface area (Å²) >= 11 is 6.66. The van der Waals surface area contributed by atoms with E-state index in [1.165, 1.54) is 42.0 Å². The fourth-order valence-electron chi connectivity index (χ4n) is 3.54. The highest BCUT2D eigenvalue weighted by Gasteiger charge is 2.33. The minimum Gasteiger partial charge on any atom is -0.493 e. The van der Waals surface area contributed by atoms with Gasteiger partial charge in [-0.05, 0) is 54.5 Å². The van der Waals surface area contributed by atoms with Crippen molar-refractivity contribution in [3.8, 4) is 11.5 Å². The Morgan fingerprint density at radius 1 is 1.14 bits per heavy atom. The topological polar surface area (TPSA) is 111 Å². The van der Waals surface area contributed by atoms with Crippen molar-refractivity contribution in [2.24, 2.45) is 0 Å². The zero-order chi connectivity index (χ0) is 26.5. The first-order valence-electron chi connectivity index (χ1n) is 10.9. The normalized spacial score (nSPS) is 14.1. The first kappa shape index (κ1) is 25.9. The summed E-state index contributed by atoms with van der Waals surface area (Å²) in [6, 6.07) is 18.2. The maximum atomic E-state index is 13.1. The number of anilines is 2. The molecule has 3 aromatic rings. The van der Waals surface area contributed by atoms with Gasteiger partial charge in [-0.1, -0.05) is 48.2 Å². The van der Waals surface area contributed by atoms with E-state index in [9.17, 15) is 19.7 Å². The van der Waals surface area contributed by atoms with Crippen LogP contribution in [0.5, 0.6) is 11.5 Å². The molecule has 0 saturated carbocycles. The molecule has 37 heavy (non-hydrogen) atoms. The molecule has 0 aromatic heterocycles. The van der Waals surface area contributed by atoms with Gasteiger partial charge in [0.05, 0.1) is 22.6 Å². The molecule has 3 aromatic carbocycles. The van der Waals surface area contributed by atoms with Gasteiger partial charge in [-0.15, -0.1) is 0 Å². The van der Waals surface area contributed by atoms with E-state index in [1.54, 1.807) is 30.3 Å². The van der Waals surface area contributed by atoms with Crippen molar-refractivity contribution in [2.45, 2.75) is 6.92 Å². The maximum absolute atomic E-state index is 13.1. The Balaban J connectivity index is 1.44. The molecular formula is C26H21N3O6S2. The third-order valence-electron chi connectivity index (χ3n) is 5.24. The van der Waals surface area contributed by atoms with E-state index in [2.05, 4.69) is 5.32 Å². The van der Waals surface area contributed by atoms with Gasteiger partial charge >= 0.3 is 0 Å². The number of ether oxygens (including phenoxy) is 2. The smallest absolute Gasteiger partial charge is 0.271 e. The van der Waals surface area contributed by atoms with Gasteiger partial charge in [-0.2, -0.15) is 0 Å². The van der Waals surface area contributed by atoms with Crippen LogP contribution in [0.15, 0.2) is 71.6 Å². The molecule has 1 fully saturated rings. The molecule has 9 nitrogen and oxygen atoms in total. The van der Waals surface area contributed by atoms with E-state index in [4.69, 9.17) is 21.7 Å². The predicted octanol–water partition coefficient (Wildman–Crippen LogP) is 5.34. The van der Waals surface area contributed by atoms with Crippen LogP contribution in [0, 0.1) is 17.0 Å². The number of rotatable bonds is 8. The summed E-state index contributed by atoms with van der Waals surface area (Å²) in [6.45, 7) is 1.61. The lowest BCUT2D eigenvalue weighted by molar-refractivity contribution is -0.384. The first-order chi connectivity index (χ1) is 17.7. The lowest BCUT2D eigenvalue weighted by atomic mass is 10.1. The number of amides is 2. The van der Waals surface area contributed by atoms with Crippen molar-refractivity contribution in [2.75, 3.05) is 23.9 Å². The average molecular weight is 536 g/mol. The van der Waals surface area contributed by atoms with Crippen molar-refractivity contribution in [3.05, 3.63) is 92.9 Å². The second-order valence-corrected chi connectivity index (χ2v) is 9.59. The van der Waals surface area contributed by atoms with Gasteiger partial charge in [0, 0.05) is 17.8 Å². The number of hydrogen-bond donors (Lipinski definition) is 1. The van der Waals surface area contributed by atoms with E-state index in [-0.39, 0.29) is 23.9 Å². The number of non-ortho nitro benzene ring substituents is 1. The molecule has 1 saturated heterocycles. The number of nitrogens with zero attached hydrogens (tertiary/aromatic N) is 2. The van der Waals surface area contributed by atoms with Crippen molar-refractivity contribution in [1.29, 1.82) is 0 Å². The van der Waals surface area contributed by atoms with E-state index in [0.717, 1.165) is 11.3 Å². The Morgan fingerprint density at radius 2 is 1.92 bits per heavy atom. The molecule has 0 atom stereocenters. The van der Waals surface area contributed by atoms with Crippen LogP contribution in [0.3, 0.4) is 0 Å². The van der Waals surface area contributed by atoms with Gasteiger partial charge in [-0.25, -0.2) is 0 Å². The van der Waals surface area contributed by atoms with Crippen molar-refractivity contribution in [1.82, 2.24) is 0 Å². The lowest BCUT2D eigenvalue weighted by Gasteiger charge is -2.14. The highest BCUT2D eigenvalue weighted by Crippen LogP contribution is 2.37. The number of methoxy groups -OCH3 is 1. The standard InChI is InChI=1S/C26H21N3O6S2/c1-16-5-3-7-19(11-16)28-25(31)23(37-26(28)36)13-17-9-10-21(22(12-17)34-2)35-15-24(30)27-18-6-4-8-20(14-18)29(32)33/h3-14H,15H2,1-2H3,(H,27,30)/b23-13+. The van der Waals surface area contributed by atoms with Crippen LogP contribution in [0.1, 0.15) is 11.1 Å². The predicted molar refractivity (Wildman–Crippen MR) is 147 cm³/mol. The first-order valence-corrected chi connectivity index (χ1v) is 12.2. The van der Waals surface area contributed by atoms with Crippen LogP contribution in [0.25, 0.3) is 6.08 Å². The molecule has 0 bridgehead atoms. The Morgan fingerprint density at radius 3 is 2.65 bits per heavy atom. The monoisotopic (exact) mass is 535 g/mol. The number of thioether (sulfide) groups is 1. The summed E-state index contributed by atoms with van der Waals surface area (Å²) < 4.78 is 11.4. The van der Waals surface area contributed by atoms with Gasteiger partial charge in [0.2, 0.25) is 0 Å². The molecule has 0 spiro atoms. The summed E-state index contributed by atoms with van der Waals surface area (Å²) in [6.07, 6.45) is 1.72. The second kappa shape index (κ2) is 11.2. The molecule has 1 aliphatic rings. The number of thiocarbonyl (C=S) groups is 1. The highest BCUT2D eigenvalue weighted by molar-refractivity contribution is 8.27. The molecule has 1 aliphatic heterocycles. The van der Waals surface area contributed by atoms with Gasteiger partial charge in [0.15, 0.2) is 22.4 Å². The van der Waals surface area contributed by atoms with Gasteiger partial charge in [0.1, 0.15) is 0 Å². The lowest BCUT2D eigenvalue weighted by Crippen LogP contribution is -2.27. The van der Waals surface area contributed by atoms with Crippen LogP contribution in [0.4, 0.5) is 17.1 Å². The summed E-state index contributed by atoms with van der Waals surface area (Å²) in [5.41, 5.74) is 2.58. The third kappa shape index (κ3) is 6.13. The van der Waals surface area contributed by atoms with Crippen molar-refractivity contribution in [3.63, 3.8) is 0 Å². The number of carbonyl (C=O) groups is 2. The zero-order valence-electron chi connectivity index (χ0n) is 19.8. The Bertz CT molecular complexity index is 1440. The van der Waals surface area contributed by atoms with E-state index < -0.39 is 10.8 Å². The van der Waals surface area contributed by atoms with Crippen LogP contribution < -0.4 is 19.7 Å². The van der Waals surface area contributed by atoms with Gasteiger partial charge in [-0.3, -0.25) is 24.6 Å². The number of benzene rings is 3. The molecule has 0 unspecified atom stereocenters. The molecule has 0 radical (unpaired) electrons. The van der Waals surface area contributed by atoms with Gasteiger partial charge < -0.3 is 14.8 Å². The molecule has 1 N–H and O–H groups in total. The van der Waals surface area contributed by atoms with E-state index in [0.29, 0.717) is 26.3 Å². The number of carbonyl (C=O) groups excluding carboxylic acids is 2. The minimum absolute atomic E-state index is 0.133. The summed E-state index contributed by atoms with van der Waals surface area (Å²) in [7, 11) is 1.46. The summed E-state index contributed by atoms with van der Waals surface area (Å²) in [5.74, 6) is -0.0172. The number of hydrogen-bond acceptors (Lipinski definition) is 8. The maximum Gasteiger partial charge on any atom is 0.271 e. The highest BCUT2D eigenvalue weighted by atomic mass is 32.2. The SMILES string of the molecule is COc1cc(/C=C2/SC(=S)N(c3cccc(C)c3)C2=O)ccc1OCC(=O)Nc1cccc([N+](=O)[O-])c1. The molecule has 1 heterocycles. The Kier molecular flexibility index (Phi) is 7.85. The number of nitro groups is 1. The second-order valence-electron chi connectivity index (χ2n) is 7.91. The Labute approximate surface area is 222 Å². The number of aryl methyl sites for hydroxylation is 1. The summed E-state index contributed by atoms with van der Waals surface area (Å²) in [5, 5.41) is 13.5. The van der Waals surface area contributed by atoms with Crippen molar-refractivity contribution >= 4 is 63.3 Å². The van der Waals surface area contributed by atoms with Crippen LogP contribution in [-0.4, -0.2) is 34.8 Å². The minimum atomic E-state index is -0.542.